The topological polar surface area (TPSA) is 54.9 Å². The molecule has 1 heterocycles. The van der Waals surface area contributed by atoms with E-state index in [0.717, 1.165) is 19.3 Å². The maximum absolute atomic E-state index is 12.1. The van der Waals surface area contributed by atoms with Crippen LogP contribution in [-0.4, -0.2) is 21.6 Å². The van der Waals surface area contributed by atoms with Gasteiger partial charge in [0.15, 0.2) is 5.16 Å². The third-order valence-corrected chi connectivity index (χ3v) is 4.45. The molecule has 108 valence electrons. The summed E-state index contributed by atoms with van der Waals surface area (Å²) >= 11 is 1.36. The van der Waals surface area contributed by atoms with Gasteiger partial charge in [-0.1, -0.05) is 36.0 Å². The van der Waals surface area contributed by atoms with Gasteiger partial charge in [0.05, 0.1) is 11.8 Å². The fourth-order valence-corrected chi connectivity index (χ4v) is 3.24. The molecule has 1 aliphatic rings. The Labute approximate surface area is 128 Å². The molecule has 1 aliphatic carbocycles. The van der Waals surface area contributed by atoms with Crippen LogP contribution in [0.3, 0.4) is 0 Å². The quantitative estimate of drug-likeness (QED) is 0.697. The lowest BCUT2D eigenvalue weighted by Gasteiger charge is -2.26. The number of hydrogen-bond acceptors (Lipinski definition) is 4. The Kier molecular flexibility index (Phi) is 4.50. The van der Waals surface area contributed by atoms with Gasteiger partial charge in [-0.2, -0.15) is 0 Å². The number of thioether (sulfide) groups is 1. The Morgan fingerprint density at radius 3 is 2.90 bits per heavy atom. The lowest BCUT2D eigenvalue weighted by Crippen LogP contribution is -2.32. The third-order valence-electron chi connectivity index (χ3n) is 3.58. The standard InChI is InChI=1S/C16H17N3OS/c20-15(11-21-16-17-9-4-10-18-16)19-14-8-3-6-12-5-1-2-7-13(12)14/h1-2,4-5,7,9-10,14H,3,6,8,11H2,(H,19,20)/t14-/m0/s1. The van der Waals surface area contributed by atoms with Crippen LogP contribution in [0.1, 0.15) is 30.0 Å². The molecule has 1 aromatic carbocycles. The third kappa shape index (κ3) is 3.61. The number of rotatable bonds is 4. The molecule has 21 heavy (non-hydrogen) atoms. The average molecular weight is 299 g/mol. The van der Waals surface area contributed by atoms with Gasteiger partial charge in [-0.3, -0.25) is 4.79 Å². The van der Waals surface area contributed by atoms with Crippen molar-refractivity contribution in [1.29, 1.82) is 0 Å². The zero-order chi connectivity index (χ0) is 14.5. The van der Waals surface area contributed by atoms with E-state index >= 15 is 0 Å². The van der Waals surface area contributed by atoms with Crippen LogP contribution < -0.4 is 5.32 Å². The van der Waals surface area contributed by atoms with Gasteiger partial charge < -0.3 is 5.32 Å². The first-order valence-electron chi connectivity index (χ1n) is 7.10. The molecule has 4 nitrogen and oxygen atoms in total. The van der Waals surface area contributed by atoms with Gasteiger partial charge in [-0.05, 0) is 36.5 Å². The van der Waals surface area contributed by atoms with Crippen LogP contribution >= 0.6 is 11.8 Å². The van der Waals surface area contributed by atoms with E-state index in [-0.39, 0.29) is 11.9 Å². The van der Waals surface area contributed by atoms with E-state index in [1.165, 1.54) is 22.9 Å². The van der Waals surface area contributed by atoms with E-state index in [4.69, 9.17) is 0 Å². The fraction of sp³-hybridized carbons (Fsp3) is 0.312. The fourth-order valence-electron chi connectivity index (χ4n) is 2.63. The first kappa shape index (κ1) is 14.1. The lowest BCUT2D eigenvalue weighted by molar-refractivity contribution is -0.119. The molecule has 1 amide bonds. The molecule has 2 aromatic rings. The number of fused-ring (bicyclic) bond motifs is 1. The molecule has 5 heteroatoms. The van der Waals surface area contributed by atoms with Crippen molar-refractivity contribution in [2.75, 3.05) is 5.75 Å². The Morgan fingerprint density at radius 1 is 1.24 bits per heavy atom. The summed E-state index contributed by atoms with van der Waals surface area (Å²) < 4.78 is 0. The van der Waals surface area contributed by atoms with Crippen molar-refractivity contribution in [3.63, 3.8) is 0 Å². The van der Waals surface area contributed by atoms with Crippen molar-refractivity contribution < 1.29 is 4.79 Å². The Hall–Kier alpha value is -1.88. The summed E-state index contributed by atoms with van der Waals surface area (Å²) in [6.45, 7) is 0. The number of aryl methyl sites for hydroxylation is 1. The zero-order valence-corrected chi connectivity index (χ0v) is 12.5. The SMILES string of the molecule is O=C(CSc1ncccn1)N[C@H]1CCCc2ccccc21. The highest BCUT2D eigenvalue weighted by atomic mass is 32.2. The zero-order valence-electron chi connectivity index (χ0n) is 11.7. The summed E-state index contributed by atoms with van der Waals surface area (Å²) in [5, 5.41) is 3.77. The molecule has 0 fully saturated rings. The van der Waals surface area contributed by atoms with Crippen LogP contribution in [0.25, 0.3) is 0 Å². The summed E-state index contributed by atoms with van der Waals surface area (Å²) in [5.41, 5.74) is 2.62. The number of hydrogen-bond donors (Lipinski definition) is 1. The molecular weight excluding hydrogens is 282 g/mol. The largest absolute Gasteiger partial charge is 0.349 e. The number of amides is 1. The molecular formula is C16H17N3OS. The van der Waals surface area contributed by atoms with Crippen molar-refractivity contribution in [3.05, 3.63) is 53.9 Å². The van der Waals surface area contributed by atoms with Crippen LogP contribution in [0.5, 0.6) is 0 Å². The molecule has 0 radical (unpaired) electrons. The van der Waals surface area contributed by atoms with Crippen LogP contribution in [0.15, 0.2) is 47.9 Å². The maximum Gasteiger partial charge on any atom is 0.230 e. The van der Waals surface area contributed by atoms with Gasteiger partial charge in [-0.15, -0.1) is 0 Å². The van der Waals surface area contributed by atoms with Crippen molar-refractivity contribution in [3.8, 4) is 0 Å². The highest BCUT2D eigenvalue weighted by Gasteiger charge is 2.21. The van der Waals surface area contributed by atoms with Crippen molar-refractivity contribution >= 4 is 17.7 Å². The molecule has 0 saturated heterocycles. The molecule has 1 N–H and O–H groups in total. The van der Waals surface area contributed by atoms with Crippen LogP contribution in [-0.2, 0) is 11.2 Å². The number of nitrogens with one attached hydrogen (secondary N) is 1. The predicted molar refractivity (Wildman–Crippen MR) is 83.0 cm³/mol. The van der Waals surface area contributed by atoms with Gasteiger partial charge in [0, 0.05) is 12.4 Å². The number of aromatic nitrogens is 2. The van der Waals surface area contributed by atoms with E-state index in [1.807, 2.05) is 6.07 Å². The predicted octanol–water partition coefficient (Wildman–Crippen LogP) is 2.76. The number of carbonyl (C=O) groups excluding carboxylic acids is 1. The minimum atomic E-state index is 0.0363. The van der Waals surface area contributed by atoms with Gasteiger partial charge in [0.2, 0.25) is 5.91 Å². The average Bonchev–Trinajstić information content (AvgIpc) is 2.54. The van der Waals surface area contributed by atoms with Crippen molar-refractivity contribution in [1.82, 2.24) is 15.3 Å². The first-order valence-corrected chi connectivity index (χ1v) is 8.08. The number of carbonyl (C=O) groups is 1. The van der Waals surface area contributed by atoms with Gasteiger partial charge in [0.25, 0.3) is 0 Å². The van der Waals surface area contributed by atoms with Crippen LogP contribution in [0, 0.1) is 0 Å². The van der Waals surface area contributed by atoms with Gasteiger partial charge in [-0.25, -0.2) is 9.97 Å². The highest BCUT2D eigenvalue weighted by Crippen LogP contribution is 2.29. The summed E-state index contributed by atoms with van der Waals surface area (Å²) in [4.78, 5) is 20.3. The number of benzene rings is 1. The van der Waals surface area contributed by atoms with Crippen LogP contribution in [0.2, 0.25) is 0 Å². The minimum absolute atomic E-state index is 0.0363. The van der Waals surface area contributed by atoms with Crippen molar-refractivity contribution in [2.45, 2.75) is 30.5 Å². The molecule has 0 saturated carbocycles. The van der Waals surface area contributed by atoms with E-state index < -0.39 is 0 Å². The van der Waals surface area contributed by atoms with E-state index in [0.29, 0.717) is 10.9 Å². The second kappa shape index (κ2) is 6.72. The number of nitrogens with zero attached hydrogens (tertiary/aromatic N) is 2. The molecule has 1 aromatic heterocycles. The summed E-state index contributed by atoms with van der Waals surface area (Å²) in [7, 11) is 0. The van der Waals surface area contributed by atoms with Crippen molar-refractivity contribution in [2.24, 2.45) is 0 Å². The molecule has 0 spiro atoms. The highest BCUT2D eigenvalue weighted by molar-refractivity contribution is 7.99. The van der Waals surface area contributed by atoms with Gasteiger partial charge >= 0.3 is 0 Å². The maximum atomic E-state index is 12.1. The second-order valence-corrected chi connectivity index (χ2v) is 5.97. The monoisotopic (exact) mass is 299 g/mol. The lowest BCUT2D eigenvalue weighted by atomic mass is 9.88. The summed E-state index contributed by atoms with van der Waals surface area (Å²) in [6.07, 6.45) is 6.61. The second-order valence-electron chi connectivity index (χ2n) is 5.03. The Balaban J connectivity index is 1.58. The minimum Gasteiger partial charge on any atom is -0.349 e. The molecule has 0 unspecified atom stereocenters. The summed E-state index contributed by atoms with van der Waals surface area (Å²) in [6, 6.07) is 10.3. The van der Waals surface area contributed by atoms with E-state index in [1.54, 1.807) is 18.5 Å². The molecule has 3 rings (SSSR count). The smallest absolute Gasteiger partial charge is 0.230 e. The van der Waals surface area contributed by atoms with Crippen LogP contribution in [0.4, 0.5) is 0 Å². The molecule has 0 aliphatic heterocycles. The molecule has 0 bridgehead atoms. The summed E-state index contributed by atoms with van der Waals surface area (Å²) in [5.74, 6) is 0.386. The van der Waals surface area contributed by atoms with Gasteiger partial charge in [0.1, 0.15) is 0 Å². The Morgan fingerprint density at radius 2 is 2.05 bits per heavy atom. The first-order chi connectivity index (χ1) is 10.3. The Bertz CT molecular complexity index is 618. The van der Waals surface area contributed by atoms with E-state index in [2.05, 4.69) is 33.5 Å². The molecule has 1 atom stereocenters. The normalized spacial score (nSPS) is 17.0. The van der Waals surface area contributed by atoms with E-state index in [9.17, 15) is 4.79 Å².